The predicted molar refractivity (Wildman–Crippen MR) is 158 cm³/mol. The highest BCUT2D eigenvalue weighted by Gasteiger charge is 2.36. The first-order valence-corrected chi connectivity index (χ1v) is 15.0. The van der Waals surface area contributed by atoms with Gasteiger partial charge in [-0.15, -0.1) is 0 Å². The van der Waals surface area contributed by atoms with Crippen LogP contribution < -0.4 is 14.4 Å². The number of ether oxygens (including phenoxy) is 1. The van der Waals surface area contributed by atoms with Crippen molar-refractivity contribution in [2.45, 2.75) is 63.3 Å². The summed E-state index contributed by atoms with van der Waals surface area (Å²) in [6, 6.07) is 16.7. The maximum Gasteiger partial charge on any atom is 0.416 e. The van der Waals surface area contributed by atoms with Gasteiger partial charge in [-0.1, -0.05) is 43.3 Å². The molecular weight excluding hydrogens is 583 g/mol. The molecule has 0 fully saturated rings. The maximum atomic E-state index is 14.1. The van der Waals surface area contributed by atoms with E-state index in [1.165, 1.54) is 42.3 Å². The van der Waals surface area contributed by atoms with Gasteiger partial charge < -0.3 is 15.0 Å². The molecule has 3 rings (SSSR count). The van der Waals surface area contributed by atoms with Gasteiger partial charge in [0.2, 0.25) is 11.8 Å². The Morgan fingerprint density at radius 1 is 0.930 bits per heavy atom. The monoisotopic (exact) mass is 619 g/mol. The summed E-state index contributed by atoms with van der Waals surface area (Å²) in [5, 5.41) is 2.86. The molecule has 0 radical (unpaired) electrons. The number of nitrogens with one attached hydrogen (secondary N) is 1. The van der Waals surface area contributed by atoms with Crippen molar-refractivity contribution >= 4 is 27.5 Å². The van der Waals surface area contributed by atoms with Gasteiger partial charge in [-0.25, -0.2) is 8.42 Å². The lowest BCUT2D eigenvalue weighted by atomic mass is 10.1. The molecule has 8 nitrogen and oxygen atoms in total. The zero-order valence-corrected chi connectivity index (χ0v) is 25.5. The number of carbonyl (C=O) groups excluding carboxylic acids is 2. The summed E-state index contributed by atoms with van der Waals surface area (Å²) < 4.78 is 74.5. The quantitative estimate of drug-likeness (QED) is 0.300. The number of carbonyl (C=O) groups is 2. The van der Waals surface area contributed by atoms with Gasteiger partial charge in [0.15, 0.2) is 0 Å². The molecule has 3 aromatic carbocycles. The zero-order chi connectivity index (χ0) is 32.0. The Morgan fingerprint density at radius 3 is 2.16 bits per heavy atom. The lowest BCUT2D eigenvalue weighted by Gasteiger charge is -2.35. The number of nitrogens with zero attached hydrogens (tertiary/aromatic N) is 2. The molecule has 0 aromatic heterocycles. The van der Waals surface area contributed by atoms with Crippen molar-refractivity contribution in [2.75, 3.05) is 18.0 Å². The van der Waals surface area contributed by atoms with E-state index in [4.69, 9.17) is 4.74 Å². The van der Waals surface area contributed by atoms with E-state index < -0.39 is 51.7 Å². The summed E-state index contributed by atoms with van der Waals surface area (Å²) in [6.45, 7) is 6.12. The molecule has 0 heterocycles. The summed E-state index contributed by atoms with van der Waals surface area (Å²) in [6.07, 6.45) is -4.56. The molecular formula is C31H36F3N3O5S. The van der Waals surface area contributed by atoms with Crippen LogP contribution in [0.25, 0.3) is 0 Å². The largest absolute Gasteiger partial charge is 0.497 e. The number of hydrogen-bond acceptors (Lipinski definition) is 5. The van der Waals surface area contributed by atoms with Crippen LogP contribution in [0.1, 0.15) is 45.2 Å². The summed E-state index contributed by atoms with van der Waals surface area (Å²) in [5.74, 6) is -0.729. The van der Waals surface area contributed by atoms with E-state index in [1.807, 2.05) is 0 Å². The van der Waals surface area contributed by atoms with E-state index in [2.05, 4.69) is 5.32 Å². The highest BCUT2D eigenvalue weighted by Crippen LogP contribution is 2.33. The minimum atomic E-state index is -4.75. The second kappa shape index (κ2) is 13.5. The molecule has 2 amide bonds. The van der Waals surface area contributed by atoms with Crippen molar-refractivity contribution in [3.63, 3.8) is 0 Å². The normalized spacial score (nSPS) is 12.7. The minimum absolute atomic E-state index is 0.0894. The molecule has 232 valence electrons. The van der Waals surface area contributed by atoms with Crippen LogP contribution in [0.4, 0.5) is 18.9 Å². The van der Waals surface area contributed by atoms with E-state index in [0.29, 0.717) is 21.7 Å². The molecule has 3 aromatic rings. The van der Waals surface area contributed by atoms with Gasteiger partial charge in [-0.3, -0.25) is 13.9 Å². The molecule has 43 heavy (non-hydrogen) atoms. The fraction of sp³-hybridized carbons (Fsp3) is 0.355. The van der Waals surface area contributed by atoms with Crippen LogP contribution >= 0.6 is 0 Å². The summed E-state index contributed by atoms with van der Waals surface area (Å²) >= 11 is 0. The molecule has 12 heteroatoms. The molecule has 0 aliphatic rings. The lowest BCUT2D eigenvalue weighted by molar-refractivity contribution is -0.141. The number of rotatable bonds is 11. The van der Waals surface area contributed by atoms with E-state index in [0.717, 1.165) is 12.1 Å². The lowest BCUT2D eigenvalue weighted by Crippen LogP contribution is -2.55. The molecule has 0 spiro atoms. The Kier molecular flexibility index (Phi) is 10.5. The van der Waals surface area contributed by atoms with E-state index >= 15 is 0 Å². The first-order chi connectivity index (χ1) is 20.1. The second-order valence-electron chi connectivity index (χ2n) is 10.9. The van der Waals surface area contributed by atoms with Crippen LogP contribution in [-0.4, -0.2) is 50.4 Å². The van der Waals surface area contributed by atoms with Gasteiger partial charge in [0.25, 0.3) is 10.0 Å². The highest BCUT2D eigenvalue weighted by atomic mass is 32.2. The van der Waals surface area contributed by atoms with Crippen LogP contribution in [0, 0.1) is 0 Å². The molecule has 1 N–H and O–H groups in total. The van der Waals surface area contributed by atoms with Crippen molar-refractivity contribution in [3.8, 4) is 5.75 Å². The smallest absolute Gasteiger partial charge is 0.416 e. The summed E-state index contributed by atoms with van der Waals surface area (Å²) in [4.78, 5) is 28.5. The van der Waals surface area contributed by atoms with Gasteiger partial charge >= 0.3 is 6.18 Å². The molecule has 0 aliphatic heterocycles. The minimum Gasteiger partial charge on any atom is -0.497 e. The molecule has 0 bridgehead atoms. The Labute approximate surface area is 250 Å². The average Bonchev–Trinajstić information content (AvgIpc) is 2.94. The molecule has 0 aliphatic carbocycles. The number of amides is 2. The number of methoxy groups -OCH3 is 1. The standard InChI is InChI=1S/C31H36F3N3O5S/c1-6-27(29(39)35-30(2,3)4)36(20-22-12-10-15-25(18-22)42-5)28(38)21-37(43(40,41)26-16-8-7-9-17-26)24-14-11-13-23(19-24)31(32,33)34/h7-19,27H,6,20-21H2,1-5H3,(H,35,39)/t27-/m0/s1. The van der Waals surface area contributed by atoms with Gasteiger partial charge in [-0.2, -0.15) is 13.2 Å². The zero-order valence-electron chi connectivity index (χ0n) is 24.7. The molecule has 1 atom stereocenters. The van der Waals surface area contributed by atoms with E-state index in [9.17, 15) is 31.2 Å². The van der Waals surface area contributed by atoms with Gasteiger partial charge in [-0.05, 0) is 75.2 Å². The van der Waals surface area contributed by atoms with Crippen LogP contribution in [0.5, 0.6) is 5.75 Å². The van der Waals surface area contributed by atoms with E-state index in [1.54, 1.807) is 58.0 Å². The number of alkyl halides is 3. The highest BCUT2D eigenvalue weighted by molar-refractivity contribution is 7.92. The van der Waals surface area contributed by atoms with Gasteiger partial charge in [0.1, 0.15) is 18.3 Å². The third-order valence-corrected chi connectivity index (χ3v) is 8.23. The first kappa shape index (κ1) is 33.4. The topological polar surface area (TPSA) is 96.0 Å². The van der Waals surface area contributed by atoms with Crippen molar-refractivity contribution in [3.05, 3.63) is 90.0 Å². The average molecular weight is 620 g/mol. The van der Waals surface area contributed by atoms with Crippen molar-refractivity contribution < 1.29 is 35.9 Å². The Morgan fingerprint density at radius 2 is 1.58 bits per heavy atom. The number of anilines is 1. The fourth-order valence-electron chi connectivity index (χ4n) is 4.43. The van der Waals surface area contributed by atoms with Crippen LogP contribution in [0.3, 0.4) is 0 Å². The van der Waals surface area contributed by atoms with Crippen LogP contribution in [0.15, 0.2) is 83.8 Å². The maximum absolute atomic E-state index is 14.1. The van der Waals surface area contributed by atoms with Crippen molar-refractivity contribution in [2.24, 2.45) is 0 Å². The Bertz CT molecular complexity index is 1520. The predicted octanol–water partition coefficient (Wildman–Crippen LogP) is 5.63. The van der Waals surface area contributed by atoms with E-state index in [-0.39, 0.29) is 23.5 Å². The Balaban J connectivity index is 2.13. The fourth-order valence-corrected chi connectivity index (χ4v) is 5.85. The third kappa shape index (κ3) is 8.73. The summed E-state index contributed by atoms with van der Waals surface area (Å²) in [7, 11) is -3.03. The van der Waals surface area contributed by atoms with Gasteiger partial charge in [0.05, 0.1) is 23.3 Å². The second-order valence-corrected chi connectivity index (χ2v) is 12.8. The Hall–Kier alpha value is -4.06. The molecule has 0 unspecified atom stereocenters. The number of sulfonamides is 1. The summed E-state index contributed by atoms with van der Waals surface area (Å²) in [5.41, 5.74) is -1.45. The van der Waals surface area contributed by atoms with Crippen LogP contribution in [0.2, 0.25) is 0 Å². The number of benzene rings is 3. The molecule has 0 saturated carbocycles. The number of hydrogen-bond donors (Lipinski definition) is 1. The molecule has 0 saturated heterocycles. The van der Waals surface area contributed by atoms with Gasteiger partial charge in [0, 0.05) is 12.1 Å². The van der Waals surface area contributed by atoms with Crippen molar-refractivity contribution in [1.82, 2.24) is 10.2 Å². The third-order valence-electron chi connectivity index (χ3n) is 6.44. The first-order valence-electron chi connectivity index (χ1n) is 13.6. The van der Waals surface area contributed by atoms with Crippen LogP contribution in [-0.2, 0) is 32.3 Å². The number of halogens is 3. The SMILES string of the molecule is CC[C@@H](C(=O)NC(C)(C)C)N(Cc1cccc(OC)c1)C(=O)CN(c1cccc(C(F)(F)F)c1)S(=O)(=O)c1ccccc1. The van der Waals surface area contributed by atoms with Crippen molar-refractivity contribution in [1.29, 1.82) is 0 Å².